The fraction of sp³-hybridized carbons (Fsp3) is 0.700. The lowest BCUT2D eigenvalue weighted by Crippen LogP contribution is -2.36. The zero-order valence-electron chi connectivity index (χ0n) is 15.2. The highest BCUT2D eigenvalue weighted by molar-refractivity contribution is 5.17. The van der Waals surface area contributed by atoms with Gasteiger partial charge in [-0.05, 0) is 69.3 Å². The van der Waals surface area contributed by atoms with Gasteiger partial charge in [-0.15, -0.1) is 6.58 Å². The summed E-state index contributed by atoms with van der Waals surface area (Å²) >= 11 is 0. The summed E-state index contributed by atoms with van der Waals surface area (Å²) in [5.74, 6) is 0.650. The predicted octanol–water partition coefficient (Wildman–Crippen LogP) is 3.61. The first-order valence-corrected chi connectivity index (χ1v) is 8.54. The average molecular weight is 322 g/mol. The van der Waals surface area contributed by atoms with Crippen molar-refractivity contribution >= 4 is 0 Å². The minimum Gasteiger partial charge on any atom is -0.392 e. The van der Waals surface area contributed by atoms with Crippen LogP contribution in [0.4, 0.5) is 0 Å². The number of aliphatic hydroxyl groups excluding tert-OH is 2. The lowest BCUT2D eigenvalue weighted by atomic mass is 9.61. The quantitative estimate of drug-likeness (QED) is 0.628. The maximum Gasteiger partial charge on any atom is 0.0856 e. The van der Waals surface area contributed by atoms with Crippen LogP contribution in [0, 0.1) is 17.3 Å². The van der Waals surface area contributed by atoms with Crippen LogP contribution in [0.25, 0.3) is 0 Å². The van der Waals surface area contributed by atoms with Gasteiger partial charge in [0.2, 0.25) is 0 Å². The highest BCUT2D eigenvalue weighted by Gasteiger charge is 2.39. The lowest BCUT2D eigenvalue weighted by Gasteiger charge is -2.44. The summed E-state index contributed by atoms with van der Waals surface area (Å²) in [6, 6.07) is 0. The molecule has 2 unspecified atom stereocenters. The molecule has 1 aliphatic rings. The molecule has 23 heavy (non-hydrogen) atoms. The molecule has 0 aliphatic heterocycles. The SMILES string of the molecule is C=C[C@@]1(C)CCC(/C(=C/C[C@@H](O)C(C)(C)O)CO)CC1C(=C)C. The van der Waals surface area contributed by atoms with Crippen LogP contribution in [0.5, 0.6) is 0 Å². The molecule has 0 heterocycles. The smallest absolute Gasteiger partial charge is 0.0856 e. The van der Waals surface area contributed by atoms with Crippen molar-refractivity contribution in [1.82, 2.24) is 0 Å². The van der Waals surface area contributed by atoms with Crippen LogP contribution in [0.15, 0.2) is 36.5 Å². The molecule has 0 aromatic heterocycles. The summed E-state index contributed by atoms with van der Waals surface area (Å²) in [5.41, 5.74) is 1.05. The summed E-state index contributed by atoms with van der Waals surface area (Å²) in [5, 5.41) is 29.6. The van der Waals surface area contributed by atoms with Crippen molar-refractivity contribution in [3.63, 3.8) is 0 Å². The van der Waals surface area contributed by atoms with Gasteiger partial charge >= 0.3 is 0 Å². The summed E-state index contributed by atoms with van der Waals surface area (Å²) in [4.78, 5) is 0. The summed E-state index contributed by atoms with van der Waals surface area (Å²) in [6.07, 6.45) is 6.43. The number of aliphatic hydroxyl groups is 3. The Hall–Kier alpha value is -0.900. The van der Waals surface area contributed by atoms with E-state index in [2.05, 4.69) is 27.0 Å². The molecular weight excluding hydrogens is 288 g/mol. The Morgan fingerprint density at radius 2 is 2.04 bits per heavy atom. The first kappa shape index (κ1) is 20.1. The van der Waals surface area contributed by atoms with E-state index in [9.17, 15) is 15.3 Å². The van der Waals surface area contributed by atoms with Gasteiger partial charge in [0.25, 0.3) is 0 Å². The van der Waals surface area contributed by atoms with E-state index in [4.69, 9.17) is 0 Å². The van der Waals surface area contributed by atoms with Crippen LogP contribution in [-0.4, -0.2) is 33.6 Å². The average Bonchev–Trinajstić information content (AvgIpc) is 2.47. The summed E-state index contributed by atoms with van der Waals surface area (Å²) < 4.78 is 0. The topological polar surface area (TPSA) is 60.7 Å². The van der Waals surface area contributed by atoms with Gasteiger partial charge in [-0.2, -0.15) is 0 Å². The van der Waals surface area contributed by atoms with Gasteiger partial charge in [-0.1, -0.05) is 31.2 Å². The predicted molar refractivity (Wildman–Crippen MR) is 96.0 cm³/mol. The zero-order valence-corrected chi connectivity index (χ0v) is 15.2. The molecule has 0 spiro atoms. The van der Waals surface area contributed by atoms with Gasteiger partial charge in [-0.3, -0.25) is 0 Å². The second kappa shape index (κ2) is 7.78. The highest BCUT2D eigenvalue weighted by atomic mass is 16.3. The Balaban J connectivity index is 2.88. The standard InChI is InChI=1S/C20H34O3/c1-7-20(6)11-10-15(12-17(20)14(2)3)16(13-21)8-9-18(22)19(4,5)23/h7-8,15,17-18,21-23H,1-2,9-13H2,3-6H3/b16-8+/t15?,17?,18-,20+/m1/s1. The Labute approximate surface area is 141 Å². The molecule has 132 valence electrons. The van der Waals surface area contributed by atoms with Crippen LogP contribution >= 0.6 is 0 Å². The van der Waals surface area contributed by atoms with Crippen molar-refractivity contribution < 1.29 is 15.3 Å². The van der Waals surface area contributed by atoms with Crippen molar-refractivity contribution in [3.05, 3.63) is 36.5 Å². The van der Waals surface area contributed by atoms with Gasteiger partial charge in [0.05, 0.1) is 18.3 Å². The maximum atomic E-state index is 9.99. The lowest BCUT2D eigenvalue weighted by molar-refractivity contribution is -0.0458. The number of rotatable bonds is 7. The third kappa shape index (κ3) is 5.03. The van der Waals surface area contributed by atoms with Crippen LogP contribution < -0.4 is 0 Å². The van der Waals surface area contributed by atoms with E-state index in [1.807, 2.05) is 12.2 Å². The normalized spacial score (nSPS) is 30.8. The van der Waals surface area contributed by atoms with Crippen LogP contribution in [-0.2, 0) is 0 Å². The number of hydrogen-bond donors (Lipinski definition) is 3. The van der Waals surface area contributed by atoms with Gasteiger partial charge in [-0.25, -0.2) is 0 Å². The third-order valence-corrected chi connectivity index (χ3v) is 5.53. The fourth-order valence-electron chi connectivity index (χ4n) is 3.59. The molecule has 1 rings (SSSR count). The molecule has 1 saturated carbocycles. The fourth-order valence-corrected chi connectivity index (χ4v) is 3.59. The van der Waals surface area contributed by atoms with Crippen molar-refractivity contribution in [3.8, 4) is 0 Å². The van der Waals surface area contributed by atoms with Crippen molar-refractivity contribution in [1.29, 1.82) is 0 Å². The summed E-state index contributed by atoms with van der Waals surface area (Å²) in [7, 11) is 0. The Bertz CT molecular complexity index is 458. The molecule has 0 saturated heterocycles. The monoisotopic (exact) mass is 322 g/mol. The van der Waals surface area contributed by atoms with Crippen LogP contribution in [0.3, 0.4) is 0 Å². The molecule has 0 bridgehead atoms. The number of allylic oxidation sites excluding steroid dienone is 2. The van der Waals surface area contributed by atoms with Gasteiger partial charge in [0, 0.05) is 0 Å². The molecule has 0 radical (unpaired) electrons. The molecule has 1 fully saturated rings. The van der Waals surface area contributed by atoms with Gasteiger partial charge < -0.3 is 15.3 Å². The molecule has 3 N–H and O–H groups in total. The van der Waals surface area contributed by atoms with E-state index in [-0.39, 0.29) is 12.0 Å². The van der Waals surface area contributed by atoms with Crippen molar-refractivity contribution in [2.45, 2.75) is 65.1 Å². The Morgan fingerprint density at radius 1 is 1.43 bits per heavy atom. The van der Waals surface area contributed by atoms with Gasteiger partial charge in [0.1, 0.15) is 0 Å². The minimum absolute atomic E-state index is 0.00302. The van der Waals surface area contributed by atoms with Crippen LogP contribution in [0.1, 0.15) is 53.4 Å². The number of hydrogen-bond acceptors (Lipinski definition) is 3. The van der Waals surface area contributed by atoms with Crippen molar-refractivity contribution in [2.24, 2.45) is 17.3 Å². The van der Waals surface area contributed by atoms with Gasteiger partial charge in [0.15, 0.2) is 0 Å². The Kier molecular flexibility index (Phi) is 6.81. The maximum absolute atomic E-state index is 9.99. The van der Waals surface area contributed by atoms with Crippen molar-refractivity contribution in [2.75, 3.05) is 6.61 Å². The van der Waals surface area contributed by atoms with E-state index in [1.165, 1.54) is 0 Å². The minimum atomic E-state index is -1.13. The molecule has 0 aromatic rings. The van der Waals surface area contributed by atoms with E-state index < -0.39 is 11.7 Å². The highest BCUT2D eigenvalue weighted by Crippen LogP contribution is 2.48. The first-order chi connectivity index (χ1) is 10.5. The molecule has 3 heteroatoms. The molecule has 0 aromatic carbocycles. The second-order valence-electron chi connectivity index (χ2n) is 7.92. The van der Waals surface area contributed by atoms with E-state index >= 15 is 0 Å². The van der Waals surface area contributed by atoms with Crippen LogP contribution in [0.2, 0.25) is 0 Å². The molecule has 1 aliphatic carbocycles. The molecule has 0 amide bonds. The first-order valence-electron chi connectivity index (χ1n) is 8.54. The molecular formula is C20H34O3. The molecule has 3 nitrogen and oxygen atoms in total. The summed E-state index contributed by atoms with van der Waals surface area (Å²) in [6.45, 7) is 15.6. The van der Waals surface area contributed by atoms with E-state index in [0.717, 1.165) is 30.4 Å². The Morgan fingerprint density at radius 3 is 2.48 bits per heavy atom. The largest absolute Gasteiger partial charge is 0.392 e. The second-order valence-corrected chi connectivity index (χ2v) is 7.92. The molecule has 4 atom stereocenters. The third-order valence-electron chi connectivity index (χ3n) is 5.53. The zero-order chi connectivity index (χ0) is 17.8. The van der Waals surface area contributed by atoms with E-state index in [1.54, 1.807) is 13.8 Å². The van der Waals surface area contributed by atoms with E-state index in [0.29, 0.717) is 18.3 Å².